The van der Waals surface area contributed by atoms with E-state index in [1.54, 1.807) is 0 Å². The van der Waals surface area contributed by atoms with Gasteiger partial charge in [-0.25, -0.2) is 0 Å². The van der Waals surface area contributed by atoms with Crippen molar-refractivity contribution in [3.63, 3.8) is 0 Å². The van der Waals surface area contributed by atoms with E-state index in [1.165, 1.54) is 5.57 Å². The fourth-order valence-corrected chi connectivity index (χ4v) is 6.24. The number of nitrogens with two attached hydrogens (primary N) is 1. The molecule has 0 heterocycles. The monoisotopic (exact) mass is 303 g/mol. The van der Waals surface area contributed by atoms with Crippen LogP contribution in [-0.4, -0.2) is 28.5 Å². The molecule has 8 atom stereocenters. The highest BCUT2D eigenvalue weighted by Crippen LogP contribution is 2.63. The van der Waals surface area contributed by atoms with Crippen LogP contribution >= 0.6 is 0 Å². The average molecular weight is 303 g/mol. The fraction of sp³-hybridized carbons (Fsp3) is 0.789. The number of rotatable bonds is 0. The van der Waals surface area contributed by atoms with E-state index in [9.17, 15) is 10.2 Å². The zero-order valence-corrected chi connectivity index (χ0v) is 13.7. The molecule has 0 bridgehead atoms. The molecule has 0 aromatic rings. The van der Waals surface area contributed by atoms with Crippen LogP contribution in [0.4, 0.5) is 0 Å². The van der Waals surface area contributed by atoms with Crippen molar-refractivity contribution in [2.24, 2.45) is 34.3 Å². The highest BCUT2D eigenvalue weighted by Gasteiger charge is 2.59. The van der Waals surface area contributed by atoms with Crippen molar-refractivity contribution in [1.82, 2.24) is 0 Å². The summed E-state index contributed by atoms with van der Waals surface area (Å²) in [7, 11) is 0. The Hall–Kier alpha value is -0.640. The summed E-state index contributed by atoms with van der Waals surface area (Å²) in [5.74, 6) is 1.20. The number of hydrogen-bond acceptors (Lipinski definition) is 3. The Bertz CT molecular complexity index is 542. The minimum absolute atomic E-state index is 0.00136. The first kappa shape index (κ1) is 14.9. The molecule has 4 aliphatic rings. The third kappa shape index (κ3) is 1.79. The maximum Gasteiger partial charge on any atom is 0.0757 e. The smallest absolute Gasteiger partial charge is 0.0757 e. The maximum atomic E-state index is 10.9. The SMILES string of the molecule is C[C@]12C=CC(N)CC1=CC(O)[C@@H]1[C@H]2CC[C@]2(C)C(O)CC[C@@H]12. The lowest BCUT2D eigenvalue weighted by molar-refractivity contribution is -0.0898. The predicted molar refractivity (Wildman–Crippen MR) is 87.0 cm³/mol. The quantitative estimate of drug-likeness (QED) is 0.602. The Morgan fingerprint density at radius 2 is 1.91 bits per heavy atom. The molecule has 4 aliphatic carbocycles. The molecule has 0 spiro atoms. The molecule has 3 heteroatoms. The van der Waals surface area contributed by atoms with Crippen LogP contribution in [0.3, 0.4) is 0 Å². The van der Waals surface area contributed by atoms with Gasteiger partial charge >= 0.3 is 0 Å². The highest BCUT2D eigenvalue weighted by molar-refractivity contribution is 5.35. The highest BCUT2D eigenvalue weighted by atomic mass is 16.3. The molecule has 3 unspecified atom stereocenters. The lowest BCUT2D eigenvalue weighted by Gasteiger charge is -2.57. The van der Waals surface area contributed by atoms with Gasteiger partial charge in [0.1, 0.15) is 0 Å². The standard InChI is InChI=1S/C19H29NO2/c1-18-7-5-12(20)9-11(18)10-15(21)17-13-3-4-16(22)19(13,2)8-6-14(17)18/h5,7,10,12-17,21-22H,3-4,6,8-9,20H2,1-2H3/t12?,13-,14+,15?,16?,17-,18-,19-/m0/s1. The van der Waals surface area contributed by atoms with Gasteiger partial charge in [0.15, 0.2) is 0 Å². The van der Waals surface area contributed by atoms with Crippen LogP contribution in [0.2, 0.25) is 0 Å². The second-order valence-electron chi connectivity index (χ2n) is 8.62. The van der Waals surface area contributed by atoms with E-state index in [-0.39, 0.29) is 35.0 Å². The minimum atomic E-state index is -0.373. The third-order valence-corrected chi connectivity index (χ3v) is 7.66. The Balaban J connectivity index is 1.76. The topological polar surface area (TPSA) is 66.5 Å². The summed E-state index contributed by atoms with van der Waals surface area (Å²) in [6.45, 7) is 4.57. The van der Waals surface area contributed by atoms with Crippen molar-refractivity contribution in [2.75, 3.05) is 0 Å². The number of aliphatic hydroxyl groups is 2. The molecule has 0 saturated heterocycles. The van der Waals surface area contributed by atoms with Crippen LogP contribution in [0.1, 0.15) is 46.0 Å². The van der Waals surface area contributed by atoms with E-state index >= 15 is 0 Å². The van der Waals surface area contributed by atoms with Crippen molar-refractivity contribution in [1.29, 1.82) is 0 Å². The van der Waals surface area contributed by atoms with E-state index in [0.29, 0.717) is 11.8 Å². The number of hydrogen-bond donors (Lipinski definition) is 3. The third-order valence-electron chi connectivity index (χ3n) is 7.66. The predicted octanol–water partition coefficient (Wildman–Crippen LogP) is 2.38. The van der Waals surface area contributed by atoms with Gasteiger partial charge in [-0.05, 0) is 55.3 Å². The van der Waals surface area contributed by atoms with Crippen molar-refractivity contribution >= 4 is 0 Å². The van der Waals surface area contributed by atoms with Gasteiger partial charge in [-0.15, -0.1) is 0 Å². The van der Waals surface area contributed by atoms with Crippen molar-refractivity contribution in [2.45, 2.75) is 64.2 Å². The van der Waals surface area contributed by atoms with Gasteiger partial charge in [0.2, 0.25) is 0 Å². The van der Waals surface area contributed by atoms with E-state index in [1.807, 2.05) is 0 Å². The summed E-state index contributed by atoms with van der Waals surface area (Å²) in [6, 6.07) is 0.0882. The largest absolute Gasteiger partial charge is 0.393 e. The molecule has 2 fully saturated rings. The summed E-state index contributed by atoms with van der Waals surface area (Å²) < 4.78 is 0. The van der Waals surface area contributed by atoms with E-state index in [4.69, 9.17) is 5.73 Å². The van der Waals surface area contributed by atoms with Crippen molar-refractivity contribution in [3.05, 3.63) is 23.8 Å². The van der Waals surface area contributed by atoms with Crippen LogP contribution < -0.4 is 5.73 Å². The van der Waals surface area contributed by atoms with Gasteiger partial charge < -0.3 is 15.9 Å². The van der Waals surface area contributed by atoms with Crippen LogP contribution in [-0.2, 0) is 0 Å². The normalized spacial score (nSPS) is 56.9. The summed E-state index contributed by atoms with van der Waals surface area (Å²) in [5, 5.41) is 21.3. The molecule has 0 aromatic carbocycles. The maximum absolute atomic E-state index is 10.9. The lowest BCUT2D eigenvalue weighted by atomic mass is 9.48. The van der Waals surface area contributed by atoms with Gasteiger partial charge in [0.25, 0.3) is 0 Å². The van der Waals surface area contributed by atoms with Crippen LogP contribution in [0.25, 0.3) is 0 Å². The lowest BCUT2D eigenvalue weighted by Crippen LogP contribution is -2.54. The van der Waals surface area contributed by atoms with Crippen LogP contribution in [0.5, 0.6) is 0 Å². The van der Waals surface area contributed by atoms with Gasteiger partial charge in [0.05, 0.1) is 12.2 Å². The fourth-order valence-electron chi connectivity index (χ4n) is 6.24. The second-order valence-corrected chi connectivity index (χ2v) is 8.62. The Morgan fingerprint density at radius 3 is 2.68 bits per heavy atom. The first-order valence-corrected chi connectivity index (χ1v) is 8.88. The van der Waals surface area contributed by atoms with E-state index < -0.39 is 0 Å². The first-order valence-electron chi connectivity index (χ1n) is 8.88. The summed E-state index contributed by atoms with van der Waals surface area (Å²) in [6.07, 6.45) is 11.0. The second kappa shape index (κ2) is 4.68. The summed E-state index contributed by atoms with van der Waals surface area (Å²) in [5.41, 5.74) is 7.48. The summed E-state index contributed by atoms with van der Waals surface area (Å²) >= 11 is 0. The molecule has 122 valence electrons. The molecular weight excluding hydrogens is 274 g/mol. The van der Waals surface area contributed by atoms with Gasteiger partial charge in [-0.2, -0.15) is 0 Å². The molecule has 0 radical (unpaired) electrons. The zero-order valence-electron chi connectivity index (χ0n) is 13.7. The molecule has 4 N–H and O–H groups in total. The summed E-state index contributed by atoms with van der Waals surface area (Å²) in [4.78, 5) is 0. The molecule has 0 aromatic heterocycles. The van der Waals surface area contributed by atoms with Crippen molar-refractivity contribution < 1.29 is 10.2 Å². The zero-order chi connectivity index (χ0) is 15.7. The molecule has 0 amide bonds. The molecule has 0 aliphatic heterocycles. The van der Waals surface area contributed by atoms with Crippen molar-refractivity contribution in [3.8, 4) is 0 Å². The van der Waals surface area contributed by atoms with Crippen LogP contribution in [0.15, 0.2) is 23.8 Å². The average Bonchev–Trinajstić information content (AvgIpc) is 2.77. The molecule has 22 heavy (non-hydrogen) atoms. The molecule has 3 nitrogen and oxygen atoms in total. The molecule has 2 saturated carbocycles. The van der Waals surface area contributed by atoms with Gasteiger partial charge in [0, 0.05) is 11.5 Å². The van der Waals surface area contributed by atoms with E-state index in [2.05, 4.69) is 32.1 Å². The number of fused-ring (bicyclic) bond motifs is 5. The molecule has 4 rings (SSSR count). The van der Waals surface area contributed by atoms with Crippen LogP contribution in [0, 0.1) is 28.6 Å². The Morgan fingerprint density at radius 1 is 1.14 bits per heavy atom. The Labute approximate surface area is 133 Å². The number of allylic oxidation sites excluding steroid dienone is 1. The van der Waals surface area contributed by atoms with Gasteiger partial charge in [-0.3, -0.25) is 0 Å². The van der Waals surface area contributed by atoms with E-state index in [0.717, 1.165) is 32.1 Å². The molecular formula is C19H29NO2. The Kier molecular flexibility index (Phi) is 3.18. The van der Waals surface area contributed by atoms with Gasteiger partial charge in [-0.1, -0.05) is 37.6 Å². The number of aliphatic hydroxyl groups excluding tert-OH is 2. The minimum Gasteiger partial charge on any atom is -0.393 e. The first-order chi connectivity index (χ1) is 10.4.